The highest BCUT2D eigenvalue weighted by Gasteiger charge is 2.38. The molecule has 8 nitrogen and oxygen atoms in total. The van der Waals surface area contributed by atoms with Crippen molar-refractivity contribution in [1.29, 1.82) is 0 Å². The minimum absolute atomic E-state index is 0.123. The Labute approximate surface area is 236 Å². The zero-order chi connectivity index (χ0) is 28.3. The first-order valence-electron chi connectivity index (χ1n) is 13.7. The van der Waals surface area contributed by atoms with Crippen molar-refractivity contribution in [1.82, 2.24) is 10.2 Å². The Hall–Kier alpha value is -3.40. The molecule has 0 aromatic heterocycles. The smallest absolute Gasteiger partial charge is 0.264 e. The highest BCUT2D eigenvalue weighted by Crippen LogP contribution is 2.40. The van der Waals surface area contributed by atoms with Crippen molar-refractivity contribution in [2.75, 3.05) is 37.2 Å². The molecule has 3 aromatic carbocycles. The summed E-state index contributed by atoms with van der Waals surface area (Å²) in [6, 6.07) is 22.0. The first-order valence-corrected chi connectivity index (χ1v) is 15.1. The van der Waals surface area contributed by atoms with E-state index in [1.165, 1.54) is 9.87 Å². The number of carbonyl (C=O) groups is 1. The molecule has 0 unspecified atom stereocenters. The van der Waals surface area contributed by atoms with E-state index in [2.05, 4.69) is 43.1 Å². The lowest BCUT2D eigenvalue weighted by molar-refractivity contribution is -0.127. The summed E-state index contributed by atoms with van der Waals surface area (Å²) in [6.07, 6.45) is -0.993. The molecule has 1 N–H and O–H groups in total. The van der Waals surface area contributed by atoms with Gasteiger partial charge in [0.25, 0.3) is 15.9 Å². The number of morpholine rings is 1. The number of hydrogen-bond donors (Lipinski definition) is 1. The van der Waals surface area contributed by atoms with Gasteiger partial charge in [0.1, 0.15) is 5.75 Å². The van der Waals surface area contributed by atoms with Crippen molar-refractivity contribution >= 4 is 21.6 Å². The molecule has 5 rings (SSSR count). The molecule has 3 aromatic rings. The maximum absolute atomic E-state index is 13.8. The predicted octanol–water partition coefficient (Wildman–Crippen LogP) is 4.09. The molecular formula is C31H37N3O5S. The number of rotatable bonds is 7. The minimum Gasteiger partial charge on any atom is -0.476 e. The van der Waals surface area contributed by atoms with Crippen LogP contribution in [-0.2, 0) is 38.1 Å². The quantitative estimate of drug-likeness (QED) is 0.466. The lowest BCUT2D eigenvalue weighted by Crippen LogP contribution is -2.50. The van der Waals surface area contributed by atoms with Crippen LogP contribution >= 0.6 is 0 Å². The van der Waals surface area contributed by atoms with E-state index in [4.69, 9.17) is 9.47 Å². The first-order chi connectivity index (χ1) is 19.1. The monoisotopic (exact) mass is 563 g/mol. The SMILES string of the molecule is CC(C)(C)c1ccc2c(c1)N(S(=O)(=O)c1ccccc1)C[C@@H](C(=O)NCc1ccc(CN3CCOCC3)cc1)O2. The minimum atomic E-state index is -3.93. The normalized spacial score (nSPS) is 18.1. The predicted molar refractivity (Wildman–Crippen MR) is 155 cm³/mol. The second kappa shape index (κ2) is 11.6. The Kier molecular flexibility index (Phi) is 8.16. The fraction of sp³-hybridized carbons (Fsp3) is 0.387. The van der Waals surface area contributed by atoms with E-state index in [9.17, 15) is 13.2 Å². The number of ether oxygens (including phenoxy) is 2. The van der Waals surface area contributed by atoms with Gasteiger partial charge in [-0.25, -0.2) is 8.42 Å². The van der Waals surface area contributed by atoms with Crippen LogP contribution in [-0.4, -0.2) is 58.2 Å². The van der Waals surface area contributed by atoms with Crippen LogP contribution in [0.4, 0.5) is 5.69 Å². The van der Waals surface area contributed by atoms with Crippen LogP contribution < -0.4 is 14.4 Å². The molecular weight excluding hydrogens is 526 g/mol. The number of fused-ring (bicyclic) bond motifs is 1. The molecule has 212 valence electrons. The molecule has 0 spiro atoms. The van der Waals surface area contributed by atoms with Gasteiger partial charge in [-0.1, -0.05) is 69.3 Å². The number of hydrogen-bond acceptors (Lipinski definition) is 6. The highest BCUT2D eigenvalue weighted by atomic mass is 32.2. The van der Waals surface area contributed by atoms with Gasteiger partial charge in [-0.05, 0) is 46.4 Å². The Bertz CT molecular complexity index is 1430. The third-order valence-electron chi connectivity index (χ3n) is 7.32. The van der Waals surface area contributed by atoms with Gasteiger partial charge in [0, 0.05) is 26.2 Å². The van der Waals surface area contributed by atoms with Crippen LogP contribution in [0.15, 0.2) is 77.7 Å². The summed E-state index contributed by atoms with van der Waals surface area (Å²) in [5.74, 6) is 0.00238. The fourth-order valence-electron chi connectivity index (χ4n) is 4.88. The molecule has 2 aliphatic rings. The second-order valence-electron chi connectivity index (χ2n) is 11.3. The zero-order valence-electron chi connectivity index (χ0n) is 23.3. The number of anilines is 1. The summed E-state index contributed by atoms with van der Waals surface area (Å²) < 4.78 is 40.3. The number of sulfonamides is 1. The van der Waals surface area contributed by atoms with Crippen LogP contribution in [0.25, 0.3) is 0 Å². The molecule has 0 radical (unpaired) electrons. The zero-order valence-corrected chi connectivity index (χ0v) is 24.1. The summed E-state index contributed by atoms with van der Waals surface area (Å²) in [4.78, 5) is 15.8. The number of nitrogens with zero attached hydrogens (tertiary/aromatic N) is 2. The van der Waals surface area contributed by atoms with Gasteiger partial charge >= 0.3 is 0 Å². The number of nitrogens with one attached hydrogen (secondary N) is 1. The molecule has 0 saturated carbocycles. The van der Waals surface area contributed by atoms with E-state index in [0.29, 0.717) is 18.0 Å². The summed E-state index contributed by atoms with van der Waals surface area (Å²) in [5.41, 5.74) is 3.39. The molecule has 2 aliphatic heterocycles. The molecule has 1 fully saturated rings. The van der Waals surface area contributed by atoms with Gasteiger partial charge in [0.05, 0.1) is 30.3 Å². The number of amides is 1. The summed E-state index contributed by atoms with van der Waals surface area (Å²) in [7, 11) is -3.93. The Morgan fingerprint density at radius 3 is 2.30 bits per heavy atom. The molecule has 1 amide bonds. The third kappa shape index (κ3) is 6.32. The van der Waals surface area contributed by atoms with E-state index in [1.54, 1.807) is 36.4 Å². The van der Waals surface area contributed by atoms with E-state index >= 15 is 0 Å². The van der Waals surface area contributed by atoms with Gasteiger partial charge in [-0.15, -0.1) is 0 Å². The van der Waals surface area contributed by atoms with E-state index in [1.807, 2.05) is 24.3 Å². The molecule has 1 atom stereocenters. The van der Waals surface area contributed by atoms with Crippen molar-refractivity contribution < 1.29 is 22.7 Å². The standard InChI is InChI=1S/C31H37N3O5S/c1-31(2,3)25-13-14-28-27(19-25)34(40(36,37)26-7-5-4-6-8-26)22-29(39-28)30(35)32-20-23-9-11-24(12-10-23)21-33-15-17-38-18-16-33/h4-14,19,29H,15-18,20-22H2,1-3H3,(H,32,35)/t29-/m0/s1. The average Bonchev–Trinajstić information content (AvgIpc) is 2.96. The first kappa shape index (κ1) is 28.1. The lowest BCUT2D eigenvalue weighted by Gasteiger charge is -2.36. The fourth-order valence-corrected chi connectivity index (χ4v) is 6.37. The van der Waals surface area contributed by atoms with E-state index in [-0.39, 0.29) is 22.8 Å². The maximum atomic E-state index is 13.8. The Balaban J connectivity index is 1.32. The van der Waals surface area contributed by atoms with Gasteiger partial charge < -0.3 is 14.8 Å². The Morgan fingerprint density at radius 1 is 0.950 bits per heavy atom. The van der Waals surface area contributed by atoms with Crippen LogP contribution in [0, 0.1) is 0 Å². The molecule has 40 heavy (non-hydrogen) atoms. The third-order valence-corrected chi connectivity index (χ3v) is 9.11. The van der Waals surface area contributed by atoms with Crippen molar-refractivity contribution in [3.8, 4) is 5.75 Å². The Morgan fingerprint density at radius 2 is 1.62 bits per heavy atom. The van der Waals surface area contributed by atoms with Gasteiger partial charge in [-0.2, -0.15) is 0 Å². The largest absolute Gasteiger partial charge is 0.476 e. The topological polar surface area (TPSA) is 88.2 Å². The molecule has 2 heterocycles. The second-order valence-corrected chi connectivity index (χ2v) is 13.2. The molecule has 9 heteroatoms. The van der Waals surface area contributed by atoms with Crippen molar-refractivity contribution in [3.05, 3.63) is 89.5 Å². The molecule has 0 aliphatic carbocycles. The van der Waals surface area contributed by atoms with Crippen LogP contribution in [0.5, 0.6) is 5.75 Å². The van der Waals surface area contributed by atoms with E-state index in [0.717, 1.165) is 44.0 Å². The maximum Gasteiger partial charge on any atom is 0.264 e. The number of carbonyl (C=O) groups excluding carboxylic acids is 1. The molecule has 0 bridgehead atoms. The van der Waals surface area contributed by atoms with Crippen LogP contribution in [0.2, 0.25) is 0 Å². The average molecular weight is 564 g/mol. The van der Waals surface area contributed by atoms with Crippen molar-refractivity contribution in [2.45, 2.75) is 50.3 Å². The van der Waals surface area contributed by atoms with Crippen LogP contribution in [0.1, 0.15) is 37.5 Å². The molecule has 1 saturated heterocycles. The lowest BCUT2D eigenvalue weighted by atomic mass is 9.86. The summed E-state index contributed by atoms with van der Waals surface area (Å²) >= 11 is 0. The van der Waals surface area contributed by atoms with Crippen LogP contribution in [0.3, 0.4) is 0 Å². The van der Waals surface area contributed by atoms with Crippen molar-refractivity contribution in [2.24, 2.45) is 0 Å². The van der Waals surface area contributed by atoms with Gasteiger partial charge in [-0.3, -0.25) is 14.0 Å². The highest BCUT2D eigenvalue weighted by molar-refractivity contribution is 7.92. The number of benzene rings is 3. The van der Waals surface area contributed by atoms with Crippen molar-refractivity contribution in [3.63, 3.8) is 0 Å². The van der Waals surface area contributed by atoms with Gasteiger partial charge in [0.15, 0.2) is 6.10 Å². The van der Waals surface area contributed by atoms with Gasteiger partial charge in [0.2, 0.25) is 0 Å². The van der Waals surface area contributed by atoms with E-state index < -0.39 is 16.1 Å². The summed E-state index contributed by atoms with van der Waals surface area (Å²) in [5, 5.41) is 2.94. The summed E-state index contributed by atoms with van der Waals surface area (Å²) in [6.45, 7) is 10.7.